The van der Waals surface area contributed by atoms with Gasteiger partial charge in [-0.15, -0.1) is 0 Å². The zero-order chi connectivity index (χ0) is 10.5. The molecule has 1 N–H and O–H groups in total. The number of hydrogen-bond donors (Lipinski definition) is 1. The molecule has 0 aliphatic heterocycles. The Labute approximate surface area is 94.7 Å². The number of para-hydroxylation sites is 1. The van der Waals surface area contributed by atoms with Gasteiger partial charge in [-0.05, 0) is 29.8 Å². The van der Waals surface area contributed by atoms with E-state index in [9.17, 15) is 0 Å². The van der Waals surface area contributed by atoms with E-state index in [-0.39, 0.29) is 0 Å². The van der Waals surface area contributed by atoms with Gasteiger partial charge in [0.15, 0.2) is 0 Å². The van der Waals surface area contributed by atoms with Crippen molar-refractivity contribution in [3.63, 3.8) is 0 Å². The summed E-state index contributed by atoms with van der Waals surface area (Å²) >= 11 is 5.81. The number of halogens is 1. The highest BCUT2D eigenvalue weighted by Gasteiger charge is 1.93. The second kappa shape index (κ2) is 4.85. The van der Waals surface area contributed by atoms with Crippen molar-refractivity contribution in [3.05, 3.63) is 65.2 Å². The average molecular weight is 218 g/mol. The first-order valence-electron chi connectivity index (χ1n) is 4.88. The largest absolute Gasteiger partial charge is 0.381 e. The first kappa shape index (κ1) is 10.1. The molecule has 0 fully saturated rings. The third-order valence-corrected chi connectivity index (χ3v) is 2.44. The number of benzene rings is 2. The molecule has 0 unspecified atom stereocenters. The molecule has 0 radical (unpaired) electrons. The summed E-state index contributed by atoms with van der Waals surface area (Å²) in [5.74, 6) is 0. The standard InChI is InChI=1S/C13H12ClN/c14-12-8-6-11(7-9-12)10-15-13-4-2-1-3-5-13/h1-9,15H,10H2. The predicted molar refractivity (Wildman–Crippen MR) is 65.2 cm³/mol. The van der Waals surface area contributed by atoms with Crippen molar-refractivity contribution in [3.8, 4) is 0 Å². The highest BCUT2D eigenvalue weighted by atomic mass is 35.5. The van der Waals surface area contributed by atoms with Crippen LogP contribution < -0.4 is 5.32 Å². The fraction of sp³-hybridized carbons (Fsp3) is 0.0769. The van der Waals surface area contributed by atoms with Gasteiger partial charge in [0, 0.05) is 17.3 Å². The first-order valence-corrected chi connectivity index (χ1v) is 5.26. The molecule has 2 heteroatoms. The van der Waals surface area contributed by atoms with Crippen LogP contribution in [0.15, 0.2) is 54.6 Å². The minimum Gasteiger partial charge on any atom is -0.381 e. The van der Waals surface area contributed by atoms with Gasteiger partial charge < -0.3 is 5.32 Å². The maximum Gasteiger partial charge on any atom is 0.0406 e. The molecule has 0 saturated heterocycles. The summed E-state index contributed by atoms with van der Waals surface area (Å²) in [6.07, 6.45) is 0. The molecule has 76 valence electrons. The van der Waals surface area contributed by atoms with E-state index in [4.69, 9.17) is 11.6 Å². The molecule has 0 bridgehead atoms. The van der Waals surface area contributed by atoms with Crippen LogP contribution in [0.5, 0.6) is 0 Å². The Kier molecular flexibility index (Phi) is 3.25. The van der Waals surface area contributed by atoms with Crippen LogP contribution >= 0.6 is 11.6 Å². The molecule has 2 rings (SSSR count). The van der Waals surface area contributed by atoms with Crippen LogP contribution in [0.25, 0.3) is 0 Å². The lowest BCUT2D eigenvalue weighted by Gasteiger charge is -2.05. The lowest BCUT2D eigenvalue weighted by Crippen LogP contribution is -1.98. The molecule has 0 saturated carbocycles. The van der Waals surface area contributed by atoms with Gasteiger partial charge in [-0.3, -0.25) is 0 Å². The minimum atomic E-state index is 0.776. The molecule has 0 atom stereocenters. The summed E-state index contributed by atoms with van der Waals surface area (Å²) in [5.41, 5.74) is 2.36. The van der Waals surface area contributed by atoms with Gasteiger partial charge in [0.1, 0.15) is 0 Å². The molecular weight excluding hydrogens is 206 g/mol. The lowest BCUT2D eigenvalue weighted by atomic mass is 10.2. The molecule has 2 aromatic carbocycles. The Balaban J connectivity index is 1.96. The number of rotatable bonds is 3. The van der Waals surface area contributed by atoms with E-state index in [0.717, 1.165) is 17.3 Å². The molecule has 0 aliphatic rings. The van der Waals surface area contributed by atoms with E-state index in [1.165, 1.54) is 5.56 Å². The maximum absolute atomic E-state index is 5.81. The van der Waals surface area contributed by atoms with E-state index in [1.54, 1.807) is 0 Å². The van der Waals surface area contributed by atoms with Crippen LogP contribution in [-0.4, -0.2) is 0 Å². The van der Waals surface area contributed by atoms with Gasteiger partial charge in [0.05, 0.1) is 0 Å². The van der Waals surface area contributed by atoms with Crippen molar-refractivity contribution >= 4 is 17.3 Å². The lowest BCUT2D eigenvalue weighted by molar-refractivity contribution is 1.15. The second-order valence-electron chi connectivity index (χ2n) is 3.35. The molecule has 0 aromatic heterocycles. The van der Waals surface area contributed by atoms with Gasteiger partial charge in [-0.2, -0.15) is 0 Å². The van der Waals surface area contributed by atoms with E-state index < -0.39 is 0 Å². The molecule has 0 heterocycles. The van der Waals surface area contributed by atoms with E-state index >= 15 is 0 Å². The van der Waals surface area contributed by atoms with Gasteiger partial charge in [-0.25, -0.2) is 0 Å². The van der Waals surface area contributed by atoms with Crippen LogP contribution in [0.1, 0.15) is 5.56 Å². The Morgan fingerprint density at radius 2 is 1.53 bits per heavy atom. The van der Waals surface area contributed by atoms with Crippen LogP contribution in [-0.2, 0) is 6.54 Å². The van der Waals surface area contributed by atoms with E-state index in [0.29, 0.717) is 0 Å². The summed E-state index contributed by atoms with van der Waals surface area (Å²) in [5, 5.41) is 4.11. The monoisotopic (exact) mass is 217 g/mol. The summed E-state index contributed by atoms with van der Waals surface area (Å²) in [6.45, 7) is 0.821. The average Bonchev–Trinajstić information content (AvgIpc) is 2.30. The highest BCUT2D eigenvalue weighted by molar-refractivity contribution is 6.30. The molecule has 0 amide bonds. The van der Waals surface area contributed by atoms with E-state index in [1.807, 2.05) is 42.5 Å². The SMILES string of the molecule is Clc1ccc(CNc2ccccc2)cc1. The normalized spacial score (nSPS) is 9.93. The van der Waals surface area contributed by atoms with Crippen molar-refractivity contribution in [2.75, 3.05) is 5.32 Å². The van der Waals surface area contributed by atoms with E-state index in [2.05, 4.69) is 17.4 Å². The van der Waals surface area contributed by atoms with Gasteiger partial charge >= 0.3 is 0 Å². The van der Waals surface area contributed by atoms with Crippen LogP contribution in [0.4, 0.5) is 5.69 Å². The molecular formula is C13H12ClN. The Hall–Kier alpha value is -1.47. The van der Waals surface area contributed by atoms with Crippen molar-refractivity contribution in [1.29, 1.82) is 0 Å². The van der Waals surface area contributed by atoms with Crippen molar-refractivity contribution in [1.82, 2.24) is 0 Å². The molecule has 0 spiro atoms. The topological polar surface area (TPSA) is 12.0 Å². The quantitative estimate of drug-likeness (QED) is 0.821. The zero-order valence-corrected chi connectivity index (χ0v) is 9.04. The van der Waals surface area contributed by atoms with Crippen molar-refractivity contribution in [2.24, 2.45) is 0 Å². The number of hydrogen-bond acceptors (Lipinski definition) is 1. The van der Waals surface area contributed by atoms with Crippen molar-refractivity contribution in [2.45, 2.75) is 6.54 Å². The van der Waals surface area contributed by atoms with Gasteiger partial charge in [0.25, 0.3) is 0 Å². The minimum absolute atomic E-state index is 0.776. The fourth-order valence-corrected chi connectivity index (χ4v) is 1.49. The highest BCUT2D eigenvalue weighted by Crippen LogP contribution is 2.11. The predicted octanol–water partition coefficient (Wildman–Crippen LogP) is 3.95. The smallest absolute Gasteiger partial charge is 0.0406 e. The third-order valence-electron chi connectivity index (χ3n) is 2.18. The van der Waals surface area contributed by atoms with Crippen molar-refractivity contribution < 1.29 is 0 Å². The van der Waals surface area contributed by atoms with Gasteiger partial charge in [-0.1, -0.05) is 41.9 Å². The molecule has 2 aromatic rings. The van der Waals surface area contributed by atoms with Gasteiger partial charge in [0.2, 0.25) is 0 Å². The summed E-state index contributed by atoms with van der Waals surface area (Å²) in [4.78, 5) is 0. The molecule has 1 nitrogen and oxygen atoms in total. The Bertz CT molecular complexity index is 408. The Morgan fingerprint density at radius 1 is 0.867 bits per heavy atom. The van der Waals surface area contributed by atoms with Crippen LogP contribution in [0.2, 0.25) is 5.02 Å². The third kappa shape index (κ3) is 3.00. The molecule has 15 heavy (non-hydrogen) atoms. The number of nitrogens with one attached hydrogen (secondary N) is 1. The first-order chi connectivity index (χ1) is 7.34. The number of anilines is 1. The zero-order valence-electron chi connectivity index (χ0n) is 8.28. The van der Waals surface area contributed by atoms with Crippen LogP contribution in [0.3, 0.4) is 0 Å². The summed E-state index contributed by atoms with van der Waals surface area (Å²) in [7, 11) is 0. The maximum atomic E-state index is 5.81. The molecule has 0 aliphatic carbocycles. The fourth-order valence-electron chi connectivity index (χ4n) is 1.36. The summed E-state index contributed by atoms with van der Waals surface area (Å²) in [6, 6.07) is 18.0. The van der Waals surface area contributed by atoms with Crippen LogP contribution in [0, 0.1) is 0 Å². The Morgan fingerprint density at radius 3 is 2.20 bits per heavy atom. The second-order valence-corrected chi connectivity index (χ2v) is 3.78. The summed E-state index contributed by atoms with van der Waals surface area (Å²) < 4.78 is 0.